The normalized spacial score (nSPS) is 15.5. The van der Waals surface area contributed by atoms with Crippen LogP contribution in [0.15, 0.2) is 24.3 Å². The van der Waals surface area contributed by atoms with Gasteiger partial charge in [-0.1, -0.05) is 12.1 Å². The molecule has 0 bridgehead atoms. The molecule has 1 aliphatic heterocycles. The van der Waals surface area contributed by atoms with Crippen LogP contribution in [0.25, 0.3) is 0 Å². The Kier molecular flexibility index (Phi) is 5.63. The Labute approximate surface area is 151 Å². The van der Waals surface area contributed by atoms with E-state index in [0.29, 0.717) is 23.5 Å². The van der Waals surface area contributed by atoms with Crippen molar-refractivity contribution in [2.24, 2.45) is 0 Å². The number of amides is 1. The lowest BCUT2D eigenvalue weighted by atomic mass is 9.95. The molecule has 1 saturated heterocycles. The molecule has 1 aromatic carbocycles. The molecule has 2 heterocycles. The van der Waals surface area contributed by atoms with Crippen molar-refractivity contribution in [3.8, 4) is 0 Å². The van der Waals surface area contributed by atoms with Crippen molar-refractivity contribution < 1.29 is 9.18 Å². The first kappa shape index (κ1) is 17.8. The third-order valence-electron chi connectivity index (χ3n) is 4.86. The molecule has 1 aromatic heterocycles. The van der Waals surface area contributed by atoms with Gasteiger partial charge in [-0.15, -0.1) is 0 Å². The zero-order valence-electron chi connectivity index (χ0n) is 14.4. The van der Waals surface area contributed by atoms with E-state index >= 15 is 0 Å². The van der Waals surface area contributed by atoms with E-state index in [1.54, 1.807) is 12.1 Å². The summed E-state index contributed by atoms with van der Waals surface area (Å²) in [7, 11) is 0. The molecule has 0 aliphatic carbocycles. The van der Waals surface area contributed by atoms with E-state index < -0.39 is 0 Å². The number of carbonyl (C=O) groups is 1. The van der Waals surface area contributed by atoms with Crippen LogP contribution < -0.4 is 0 Å². The van der Waals surface area contributed by atoms with Crippen molar-refractivity contribution in [3.63, 3.8) is 0 Å². The fourth-order valence-electron chi connectivity index (χ4n) is 3.39. The lowest BCUT2D eigenvalue weighted by Crippen LogP contribution is -2.38. The molecule has 3 rings (SSSR count). The van der Waals surface area contributed by atoms with Gasteiger partial charge in [-0.25, -0.2) is 4.39 Å². The molecule has 1 aliphatic rings. The number of piperidine rings is 1. The van der Waals surface area contributed by atoms with Crippen LogP contribution in [-0.2, 0) is 17.8 Å². The Bertz CT molecular complexity index is 775. The predicted molar refractivity (Wildman–Crippen MR) is 96.4 cm³/mol. The van der Waals surface area contributed by atoms with Gasteiger partial charge < -0.3 is 9.47 Å². The molecule has 5 nitrogen and oxygen atoms in total. The maximum Gasteiger partial charge on any atom is 0.222 e. The summed E-state index contributed by atoms with van der Waals surface area (Å²) >= 11 is 5.25. The molecule has 1 amide bonds. The van der Waals surface area contributed by atoms with Crippen LogP contribution in [0.3, 0.4) is 0 Å². The van der Waals surface area contributed by atoms with Crippen molar-refractivity contribution in [2.45, 2.75) is 45.1 Å². The van der Waals surface area contributed by atoms with E-state index in [-0.39, 0.29) is 11.7 Å². The molecule has 134 valence electrons. The van der Waals surface area contributed by atoms with Gasteiger partial charge in [0.15, 0.2) is 4.77 Å². The summed E-state index contributed by atoms with van der Waals surface area (Å²) in [6, 6.07) is 6.35. The first-order valence-electron chi connectivity index (χ1n) is 8.75. The monoisotopic (exact) mass is 362 g/mol. The van der Waals surface area contributed by atoms with Crippen molar-refractivity contribution >= 4 is 18.1 Å². The molecular formula is C18H23FN4OS. The second-order valence-corrected chi connectivity index (χ2v) is 6.80. The molecule has 0 atom stereocenters. The van der Waals surface area contributed by atoms with Crippen molar-refractivity contribution in [1.29, 1.82) is 0 Å². The lowest BCUT2D eigenvalue weighted by molar-refractivity contribution is -0.132. The summed E-state index contributed by atoms with van der Waals surface area (Å²) in [4.78, 5) is 14.3. The Morgan fingerprint density at radius 3 is 2.64 bits per heavy atom. The maximum absolute atomic E-state index is 12.9. The van der Waals surface area contributed by atoms with Crippen LogP contribution in [0.4, 0.5) is 4.39 Å². The number of aryl methyl sites for hydroxylation is 1. The minimum atomic E-state index is -0.248. The van der Waals surface area contributed by atoms with Gasteiger partial charge >= 0.3 is 0 Å². The lowest BCUT2D eigenvalue weighted by Gasteiger charge is -2.31. The SMILES string of the molecule is CCn1c(C2CCN(C(=O)CCc3ccc(F)cc3)CC2)n[nH]c1=S. The third kappa shape index (κ3) is 4.15. The van der Waals surface area contributed by atoms with Gasteiger partial charge in [0.1, 0.15) is 11.6 Å². The van der Waals surface area contributed by atoms with Crippen molar-refractivity contribution in [2.75, 3.05) is 13.1 Å². The fourth-order valence-corrected chi connectivity index (χ4v) is 3.66. The number of nitrogens with one attached hydrogen (secondary N) is 1. The second kappa shape index (κ2) is 7.91. The van der Waals surface area contributed by atoms with Crippen LogP contribution in [0, 0.1) is 10.6 Å². The molecule has 0 saturated carbocycles. The predicted octanol–water partition coefficient (Wildman–Crippen LogP) is 3.44. The van der Waals surface area contributed by atoms with Gasteiger partial charge in [0, 0.05) is 32.0 Å². The summed E-state index contributed by atoms with van der Waals surface area (Å²) in [5.41, 5.74) is 0.989. The number of nitrogens with zero attached hydrogens (tertiary/aromatic N) is 3. The first-order chi connectivity index (χ1) is 12.1. The standard InChI is InChI=1S/C18H23FN4OS/c1-2-23-17(20-21-18(23)25)14-9-11-22(12-10-14)16(24)8-5-13-3-6-15(19)7-4-13/h3-4,6-7,14H,2,5,8-12H2,1H3,(H,21,25). The van der Waals surface area contributed by atoms with E-state index in [2.05, 4.69) is 17.1 Å². The molecule has 2 aromatic rings. The number of hydrogen-bond acceptors (Lipinski definition) is 3. The minimum absolute atomic E-state index is 0.164. The van der Waals surface area contributed by atoms with E-state index in [0.717, 1.165) is 43.9 Å². The van der Waals surface area contributed by atoms with E-state index in [1.165, 1.54) is 12.1 Å². The number of rotatable bonds is 5. The molecule has 0 spiro atoms. The van der Waals surface area contributed by atoms with Gasteiger partial charge in [-0.05, 0) is 56.1 Å². The summed E-state index contributed by atoms with van der Waals surface area (Å²) in [6.07, 6.45) is 2.92. The number of halogens is 1. The van der Waals surface area contributed by atoms with Crippen LogP contribution in [0.5, 0.6) is 0 Å². The Morgan fingerprint density at radius 2 is 2.00 bits per heavy atom. The number of likely N-dealkylation sites (tertiary alicyclic amines) is 1. The maximum atomic E-state index is 12.9. The molecule has 25 heavy (non-hydrogen) atoms. The van der Waals surface area contributed by atoms with Crippen molar-refractivity contribution in [3.05, 3.63) is 46.2 Å². The average Bonchev–Trinajstić information content (AvgIpc) is 3.01. The van der Waals surface area contributed by atoms with Gasteiger partial charge in [-0.3, -0.25) is 9.89 Å². The van der Waals surface area contributed by atoms with Gasteiger partial charge in [-0.2, -0.15) is 5.10 Å². The Morgan fingerprint density at radius 1 is 1.32 bits per heavy atom. The summed E-state index contributed by atoms with van der Waals surface area (Å²) < 4.78 is 15.6. The highest BCUT2D eigenvalue weighted by molar-refractivity contribution is 7.71. The molecule has 7 heteroatoms. The molecule has 0 unspecified atom stereocenters. The second-order valence-electron chi connectivity index (χ2n) is 6.41. The zero-order valence-corrected chi connectivity index (χ0v) is 15.2. The van der Waals surface area contributed by atoms with Crippen molar-refractivity contribution in [1.82, 2.24) is 19.7 Å². The Balaban J connectivity index is 1.52. The first-order valence-corrected chi connectivity index (χ1v) is 9.16. The number of aromatic amines is 1. The van der Waals surface area contributed by atoms with Gasteiger partial charge in [0.25, 0.3) is 0 Å². The Hall–Kier alpha value is -2.02. The highest BCUT2D eigenvalue weighted by atomic mass is 32.1. The zero-order chi connectivity index (χ0) is 17.8. The molecular weight excluding hydrogens is 339 g/mol. The fraction of sp³-hybridized carbons (Fsp3) is 0.500. The topological polar surface area (TPSA) is 53.9 Å². The number of aromatic nitrogens is 3. The highest BCUT2D eigenvalue weighted by Crippen LogP contribution is 2.27. The van der Waals surface area contributed by atoms with Gasteiger partial charge in [0.05, 0.1) is 0 Å². The number of benzene rings is 1. The third-order valence-corrected chi connectivity index (χ3v) is 5.17. The summed E-state index contributed by atoms with van der Waals surface area (Å²) in [5.74, 6) is 1.26. The van der Waals surface area contributed by atoms with E-state index in [1.807, 2.05) is 9.47 Å². The van der Waals surface area contributed by atoms with E-state index in [9.17, 15) is 9.18 Å². The van der Waals surface area contributed by atoms with Gasteiger partial charge in [0.2, 0.25) is 5.91 Å². The number of hydrogen-bond donors (Lipinski definition) is 1. The van der Waals surface area contributed by atoms with E-state index in [4.69, 9.17) is 12.2 Å². The molecule has 1 fully saturated rings. The molecule has 1 N–H and O–H groups in total. The van der Waals surface area contributed by atoms with Crippen LogP contribution >= 0.6 is 12.2 Å². The smallest absolute Gasteiger partial charge is 0.222 e. The molecule has 0 radical (unpaired) electrons. The average molecular weight is 362 g/mol. The summed E-state index contributed by atoms with van der Waals surface area (Å²) in [6.45, 7) is 4.36. The largest absolute Gasteiger partial charge is 0.343 e. The van der Waals surface area contributed by atoms with Crippen LogP contribution in [0.2, 0.25) is 0 Å². The quantitative estimate of drug-likeness (QED) is 0.829. The minimum Gasteiger partial charge on any atom is -0.343 e. The number of H-pyrrole nitrogens is 1. The van der Waals surface area contributed by atoms with Crippen LogP contribution in [0.1, 0.15) is 43.5 Å². The van der Waals surface area contributed by atoms with Crippen LogP contribution in [-0.4, -0.2) is 38.7 Å². The summed E-state index contributed by atoms with van der Waals surface area (Å²) in [5, 5.41) is 7.25. The highest BCUT2D eigenvalue weighted by Gasteiger charge is 2.26. The number of carbonyl (C=O) groups excluding carboxylic acids is 1.